The molecular formula is C20H26ClNO2. The summed E-state index contributed by atoms with van der Waals surface area (Å²) in [5.41, 5.74) is 2.42. The van der Waals surface area contributed by atoms with Gasteiger partial charge in [0.05, 0.1) is 0 Å². The number of halogens is 1. The number of nitrogens with zero attached hydrogens (tertiary/aromatic N) is 1. The van der Waals surface area contributed by atoms with E-state index in [1.54, 1.807) is 0 Å². The second kappa shape index (κ2) is 11.7. The van der Waals surface area contributed by atoms with Crippen LogP contribution >= 0.6 is 11.6 Å². The summed E-state index contributed by atoms with van der Waals surface area (Å²) >= 11 is 5.80. The third kappa shape index (κ3) is 9.33. The van der Waals surface area contributed by atoms with Gasteiger partial charge in [-0.25, -0.2) is 0 Å². The van der Waals surface area contributed by atoms with Crippen LogP contribution in [0, 0.1) is 0 Å². The number of hydrogen-bond donors (Lipinski definition) is 1. The van der Waals surface area contributed by atoms with Crippen LogP contribution in [-0.4, -0.2) is 36.6 Å². The number of carbonyl (C=O) groups is 1. The van der Waals surface area contributed by atoms with Crippen molar-refractivity contribution in [3.05, 3.63) is 59.6 Å². The van der Waals surface area contributed by atoms with Gasteiger partial charge in [-0.2, -0.15) is 0 Å². The van der Waals surface area contributed by atoms with E-state index in [4.69, 9.17) is 16.7 Å². The first-order valence-corrected chi connectivity index (χ1v) is 8.54. The third-order valence-corrected chi connectivity index (χ3v) is 3.70. The first-order chi connectivity index (χ1) is 11.5. The van der Waals surface area contributed by atoms with Gasteiger partial charge in [0.15, 0.2) is 0 Å². The molecule has 0 aliphatic heterocycles. The van der Waals surface area contributed by atoms with Gasteiger partial charge < -0.3 is 10.0 Å². The lowest BCUT2D eigenvalue weighted by Crippen LogP contribution is -2.12. The molecular weight excluding hydrogens is 322 g/mol. The van der Waals surface area contributed by atoms with Crippen LogP contribution in [0.2, 0.25) is 5.02 Å². The standard InChI is InChI=1S/C12H9Cl.C8H17NO2/c13-12-8-6-11(7-9-12)10-4-2-1-3-5-10;1-9(2)7-5-3-4-6-8(10)11/h1-9H;3-7H2,1-2H3,(H,10,11). The Kier molecular flexibility index (Phi) is 9.81. The van der Waals surface area contributed by atoms with Crippen LogP contribution in [-0.2, 0) is 4.79 Å². The molecule has 24 heavy (non-hydrogen) atoms. The monoisotopic (exact) mass is 347 g/mol. The third-order valence-electron chi connectivity index (χ3n) is 3.45. The van der Waals surface area contributed by atoms with Crippen molar-refractivity contribution in [2.75, 3.05) is 20.6 Å². The molecule has 0 fully saturated rings. The summed E-state index contributed by atoms with van der Waals surface area (Å²) in [6.07, 6.45) is 3.24. The van der Waals surface area contributed by atoms with Gasteiger partial charge in [0.1, 0.15) is 0 Å². The Hall–Kier alpha value is -1.84. The van der Waals surface area contributed by atoms with Crippen LogP contribution in [0.15, 0.2) is 54.6 Å². The van der Waals surface area contributed by atoms with Crippen molar-refractivity contribution in [1.82, 2.24) is 4.90 Å². The van der Waals surface area contributed by atoms with Crippen molar-refractivity contribution in [3.8, 4) is 11.1 Å². The lowest BCUT2D eigenvalue weighted by Gasteiger charge is -2.07. The van der Waals surface area contributed by atoms with Gasteiger partial charge in [-0.1, -0.05) is 60.5 Å². The maximum absolute atomic E-state index is 10.1. The van der Waals surface area contributed by atoms with Crippen LogP contribution in [0.4, 0.5) is 0 Å². The molecule has 0 radical (unpaired) electrons. The molecule has 0 aliphatic rings. The Morgan fingerprint density at radius 3 is 2.04 bits per heavy atom. The molecule has 0 amide bonds. The molecule has 0 bridgehead atoms. The Balaban J connectivity index is 0.000000245. The zero-order valence-electron chi connectivity index (χ0n) is 14.4. The second-order valence-electron chi connectivity index (χ2n) is 5.88. The number of carboxylic acid groups (broad SMARTS) is 1. The summed E-state index contributed by atoms with van der Waals surface area (Å²) in [5, 5.41) is 9.09. The topological polar surface area (TPSA) is 40.5 Å². The predicted molar refractivity (Wildman–Crippen MR) is 102 cm³/mol. The summed E-state index contributed by atoms with van der Waals surface area (Å²) in [4.78, 5) is 12.2. The number of unbranched alkanes of at least 4 members (excludes halogenated alkanes) is 2. The van der Waals surface area contributed by atoms with E-state index in [0.717, 1.165) is 30.8 Å². The molecule has 0 aliphatic carbocycles. The van der Waals surface area contributed by atoms with Gasteiger partial charge >= 0.3 is 5.97 Å². The van der Waals surface area contributed by atoms with Crippen LogP contribution < -0.4 is 0 Å². The van der Waals surface area contributed by atoms with E-state index in [9.17, 15) is 4.79 Å². The van der Waals surface area contributed by atoms with E-state index < -0.39 is 5.97 Å². The number of rotatable bonds is 7. The molecule has 0 saturated carbocycles. The summed E-state index contributed by atoms with van der Waals surface area (Å²) in [7, 11) is 4.05. The fourth-order valence-corrected chi connectivity index (χ4v) is 2.28. The maximum atomic E-state index is 10.1. The molecule has 0 unspecified atom stereocenters. The van der Waals surface area contributed by atoms with Crippen LogP contribution in [0.5, 0.6) is 0 Å². The van der Waals surface area contributed by atoms with E-state index in [-0.39, 0.29) is 0 Å². The predicted octanol–water partition coefficient (Wildman–Crippen LogP) is 5.20. The molecule has 0 spiro atoms. The van der Waals surface area contributed by atoms with Gasteiger partial charge in [-0.15, -0.1) is 0 Å². The van der Waals surface area contributed by atoms with Gasteiger partial charge in [0, 0.05) is 11.4 Å². The number of aliphatic carboxylic acids is 1. The van der Waals surface area contributed by atoms with Crippen LogP contribution in [0.1, 0.15) is 25.7 Å². The number of hydrogen-bond acceptors (Lipinski definition) is 2. The highest BCUT2D eigenvalue weighted by atomic mass is 35.5. The molecule has 0 aromatic heterocycles. The molecule has 3 nitrogen and oxygen atoms in total. The Morgan fingerprint density at radius 1 is 0.917 bits per heavy atom. The smallest absolute Gasteiger partial charge is 0.303 e. The molecule has 2 aromatic rings. The van der Waals surface area contributed by atoms with Crippen molar-refractivity contribution >= 4 is 17.6 Å². The zero-order chi connectivity index (χ0) is 17.8. The minimum absolute atomic E-state index is 0.313. The fraction of sp³-hybridized carbons (Fsp3) is 0.350. The first kappa shape index (κ1) is 20.2. The number of benzene rings is 2. The molecule has 4 heteroatoms. The Labute approximate surface area is 149 Å². The minimum atomic E-state index is -0.685. The van der Waals surface area contributed by atoms with E-state index in [2.05, 4.69) is 17.0 Å². The van der Waals surface area contributed by atoms with Gasteiger partial charge in [0.25, 0.3) is 0 Å². The van der Waals surface area contributed by atoms with E-state index in [1.807, 2.05) is 56.6 Å². The van der Waals surface area contributed by atoms with Crippen molar-refractivity contribution in [2.45, 2.75) is 25.7 Å². The maximum Gasteiger partial charge on any atom is 0.303 e. The summed E-state index contributed by atoms with van der Waals surface area (Å²) in [5.74, 6) is -0.685. The quantitative estimate of drug-likeness (QED) is 0.700. The highest BCUT2D eigenvalue weighted by Crippen LogP contribution is 2.20. The van der Waals surface area contributed by atoms with Crippen molar-refractivity contribution in [1.29, 1.82) is 0 Å². The Morgan fingerprint density at radius 2 is 1.50 bits per heavy atom. The van der Waals surface area contributed by atoms with Crippen molar-refractivity contribution in [3.63, 3.8) is 0 Å². The molecule has 1 N–H and O–H groups in total. The first-order valence-electron chi connectivity index (χ1n) is 8.16. The summed E-state index contributed by atoms with van der Waals surface area (Å²) in [6, 6.07) is 18.1. The Bertz CT molecular complexity index is 582. The molecule has 0 saturated heterocycles. The minimum Gasteiger partial charge on any atom is -0.481 e. The zero-order valence-corrected chi connectivity index (χ0v) is 15.2. The molecule has 0 heterocycles. The van der Waals surface area contributed by atoms with E-state index in [1.165, 1.54) is 11.1 Å². The number of carboxylic acids is 1. The average molecular weight is 348 g/mol. The summed E-state index contributed by atoms with van der Waals surface area (Å²) in [6.45, 7) is 1.06. The van der Waals surface area contributed by atoms with Gasteiger partial charge in [-0.05, 0) is 56.7 Å². The van der Waals surface area contributed by atoms with Crippen molar-refractivity contribution in [2.24, 2.45) is 0 Å². The normalized spacial score (nSPS) is 10.2. The summed E-state index contributed by atoms with van der Waals surface area (Å²) < 4.78 is 0. The SMILES string of the molecule is CN(C)CCCCCC(=O)O.Clc1ccc(-c2ccccc2)cc1. The van der Waals surface area contributed by atoms with Crippen LogP contribution in [0.25, 0.3) is 11.1 Å². The lowest BCUT2D eigenvalue weighted by atomic mass is 10.1. The fourth-order valence-electron chi connectivity index (χ4n) is 2.15. The second-order valence-corrected chi connectivity index (χ2v) is 6.32. The molecule has 0 atom stereocenters. The van der Waals surface area contributed by atoms with Gasteiger partial charge in [-0.3, -0.25) is 4.79 Å². The van der Waals surface area contributed by atoms with E-state index in [0.29, 0.717) is 6.42 Å². The lowest BCUT2D eigenvalue weighted by molar-refractivity contribution is -0.137. The molecule has 2 aromatic carbocycles. The molecule has 130 valence electrons. The van der Waals surface area contributed by atoms with Gasteiger partial charge in [0.2, 0.25) is 0 Å². The highest BCUT2D eigenvalue weighted by molar-refractivity contribution is 6.30. The van der Waals surface area contributed by atoms with Crippen molar-refractivity contribution < 1.29 is 9.90 Å². The van der Waals surface area contributed by atoms with E-state index >= 15 is 0 Å². The average Bonchev–Trinajstić information content (AvgIpc) is 2.56. The molecule has 2 rings (SSSR count). The largest absolute Gasteiger partial charge is 0.481 e. The highest BCUT2D eigenvalue weighted by Gasteiger charge is 1.96. The van der Waals surface area contributed by atoms with Crippen LogP contribution in [0.3, 0.4) is 0 Å².